The second-order valence-electron chi connectivity index (χ2n) is 9.49. The van der Waals surface area contributed by atoms with Crippen LogP contribution in [-0.2, 0) is 19.4 Å². The van der Waals surface area contributed by atoms with Crippen molar-refractivity contribution in [1.82, 2.24) is 19.7 Å². The molecule has 2 fully saturated rings. The number of hydrogen-bond acceptors (Lipinski definition) is 4. The molecule has 6 nitrogen and oxygen atoms in total. The van der Waals surface area contributed by atoms with Crippen LogP contribution in [0.3, 0.4) is 0 Å². The zero-order chi connectivity index (χ0) is 23.9. The van der Waals surface area contributed by atoms with Crippen LogP contribution in [-0.4, -0.2) is 30.8 Å². The first-order valence-corrected chi connectivity index (χ1v) is 12.8. The van der Waals surface area contributed by atoms with Crippen molar-refractivity contribution in [2.24, 2.45) is 11.8 Å². The van der Waals surface area contributed by atoms with Gasteiger partial charge in [0, 0.05) is 31.1 Å². The van der Waals surface area contributed by atoms with Gasteiger partial charge in [-0.3, -0.25) is 4.98 Å². The summed E-state index contributed by atoms with van der Waals surface area (Å²) in [5, 5.41) is 14.0. The van der Waals surface area contributed by atoms with Crippen molar-refractivity contribution in [3.05, 3.63) is 65.4 Å². The summed E-state index contributed by atoms with van der Waals surface area (Å²) in [5.74, 6) is 3.30. The van der Waals surface area contributed by atoms with Gasteiger partial charge in [-0.05, 0) is 42.4 Å². The van der Waals surface area contributed by atoms with Crippen molar-refractivity contribution in [3.63, 3.8) is 0 Å². The highest BCUT2D eigenvalue weighted by molar-refractivity contribution is 5.95. The highest BCUT2D eigenvalue weighted by atomic mass is 16.4. The normalized spacial score (nSPS) is 18.2. The number of pyridine rings is 1. The number of unbranched alkanes of at least 4 members (excludes halogenated alkanes) is 2. The zero-order valence-electron chi connectivity index (χ0n) is 20.4. The van der Waals surface area contributed by atoms with E-state index in [-0.39, 0.29) is 5.56 Å². The van der Waals surface area contributed by atoms with Crippen LogP contribution < -0.4 is 0 Å². The Morgan fingerprint density at radius 2 is 1.88 bits per heavy atom. The number of benzene rings is 1. The highest BCUT2D eigenvalue weighted by Crippen LogP contribution is 2.51. The molecule has 2 unspecified atom stereocenters. The largest absolute Gasteiger partial charge is 0.478 e. The Morgan fingerprint density at radius 3 is 2.47 bits per heavy atom. The molecule has 180 valence electrons. The molecular weight excluding hydrogens is 424 g/mol. The van der Waals surface area contributed by atoms with E-state index in [1.165, 1.54) is 31.1 Å². The summed E-state index contributed by atoms with van der Waals surface area (Å²) in [6, 6.07) is 10.8. The molecule has 3 aromatic rings. The Balaban J connectivity index is 0.000000388. The molecule has 1 N–H and O–H groups in total. The van der Waals surface area contributed by atoms with Gasteiger partial charge in [-0.25, -0.2) is 14.5 Å². The first kappa shape index (κ1) is 24.1. The molecule has 0 amide bonds. The maximum absolute atomic E-state index is 11.4. The van der Waals surface area contributed by atoms with Crippen molar-refractivity contribution in [2.75, 3.05) is 0 Å². The lowest BCUT2D eigenvalue weighted by molar-refractivity contribution is 0.0697. The molecule has 0 bridgehead atoms. The SMILES string of the molecule is C1CC2CC2C1.CCCCCn1nc(CC)nc1Cc1ccc(-c2ccccc2C(=O)O)nc1. The Kier molecular flexibility index (Phi) is 8.09. The lowest BCUT2D eigenvalue weighted by atomic mass is 10.0. The molecule has 34 heavy (non-hydrogen) atoms. The van der Waals surface area contributed by atoms with Crippen LogP contribution >= 0.6 is 0 Å². The smallest absolute Gasteiger partial charge is 0.336 e. The van der Waals surface area contributed by atoms with Gasteiger partial charge in [0.2, 0.25) is 0 Å². The van der Waals surface area contributed by atoms with Gasteiger partial charge in [0.1, 0.15) is 5.82 Å². The van der Waals surface area contributed by atoms with Crippen molar-refractivity contribution in [3.8, 4) is 11.3 Å². The molecule has 2 aromatic heterocycles. The van der Waals surface area contributed by atoms with Crippen LogP contribution in [0.25, 0.3) is 11.3 Å². The summed E-state index contributed by atoms with van der Waals surface area (Å²) < 4.78 is 2.02. The van der Waals surface area contributed by atoms with E-state index >= 15 is 0 Å². The average Bonchev–Trinajstić information content (AvgIpc) is 3.26. The molecule has 5 rings (SSSR count). The minimum atomic E-state index is -0.950. The van der Waals surface area contributed by atoms with E-state index in [4.69, 9.17) is 0 Å². The number of nitrogens with zero attached hydrogens (tertiary/aromatic N) is 4. The fourth-order valence-corrected chi connectivity index (χ4v) is 4.82. The van der Waals surface area contributed by atoms with E-state index in [0.717, 1.165) is 36.6 Å². The summed E-state index contributed by atoms with van der Waals surface area (Å²) in [6.45, 7) is 5.13. The van der Waals surface area contributed by atoms with E-state index in [2.05, 4.69) is 28.9 Å². The monoisotopic (exact) mass is 460 g/mol. The van der Waals surface area contributed by atoms with Crippen molar-refractivity contribution in [1.29, 1.82) is 0 Å². The van der Waals surface area contributed by atoms with Crippen LogP contribution in [0.1, 0.15) is 86.4 Å². The van der Waals surface area contributed by atoms with Crippen LogP contribution in [0.4, 0.5) is 0 Å². The third-order valence-corrected chi connectivity index (χ3v) is 6.92. The Morgan fingerprint density at radius 1 is 1.09 bits per heavy atom. The summed E-state index contributed by atoms with van der Waals surface area (Å²) in [5.41, 5.74) is 2.56. The first-order chi connectivity index (χ1) is 16.6. The van der Waals surface area contributed by atoms with E-state index < -0.39 is 5.97 Å². The van der Waals surface area contributed by atoms with Crippen LogP contribution in [0.15, 0.2) is 42.6 Å². The number of aromatic nitrogens is 4. The lowest BCUT2D eigenvalue weighted by Crippen LogP contribution is -2.07. The molecule has 6 heteroatoms. The molecule has 2 heterocycles. The summed E-state index contributed by atoms with van der Waals surface area (Å²) in [6.07, 6.45) is 13.0. The first-order valence-electron chi connectivity index (χ1n) is 12.8. The van der Waals surface area contributed by atoms with Gasteiger partial charge in [-0.1, -0.05) is 70.2 Å². The molecule has 0 spiro atoms. The molecule has 2 aliphatic rings. The van der Waals surface area contributed by atoms with Gasteiger partial charge in [0.05, 0.1) is 11.3 Å². The van der Waals surface area contributed by atoms with Gasteiger partial charge < -0.3 is 5.11 Å². The standard InChI is InChI=1S/C22H26N4O2.C6H10/c1-3-5-8-13-26-21(24-20(4-2)25-26)14-16-11-12-19(23-15-16)17-9-6-7-10-18(17)22(27)28;1-2-5-4-6(5)3-1/h6-7,9-12,15H,3-5,8,13-14H2,1-2H3,(H,27,28);5-6H,1-4H2. The van der Waals surface area contributed by atoms with Crippen molar-refractivity contribution in [2.45, 2.75) is 78.2 Å². The van der Waals surface area contributed by atoms with Gasteiger partial charge in [-0.15, -0.1) is 0 Å². The van der Waals surface area contributed by atoms with Crippen LogP contribution in [0.2, 0.25) is 0 Å². The minimum absolute atomic E-state index is 0.256. The number of aromatic carboxylic acids is 1. The van der Waals surface area contributed by atoms with Crippen molar-refractivity contribution < 1.29 is 9.90 Å². The van der Waals surface area contributed by atoms with Gasteiger partial charge >= 0.3 is 5.97 Å². The molecule has 0 saturated heterocycles. The number of carbonyl (C=O) groups is 1. The van der Waals surface area contributed by atoms with Gasteiger partial charge in [-0.2, -0.15) is 5.10 Å². The van der Waals surface area contributed by atoms with Crippen molar-refractivity contribution >= 4 is 5.97 Å². The zero-order valence-corrected chi connectivity index (χ0v) is 20.4. The summed E-state index contributed by atoms with van der Waals surface area (Å²) >= 11 is 0. The van der Waals surface area contributed by atoms with Crippen LogP contribution in [0.5, 0.6) is 0 Å². The van der Waals surface area contributed by atoms with Crippen LogP contribution in [0, 0.1) is 11.8 Å². The Labute approximate surface area is 202 Å². The highest BCUT2D eigenvalue weighted by Gasteiger charge is 2.40. The molecule has 2 saturated carbocycles. The third-order valence-electron chi connectivity index (χ3n) is 6.92. The summed E-state index contributed by atoms with van der Waals surface area (Å²) in [7, 11) is 0. The molecule has 2 atom stereocenters. The lowest BCUT2D eigenvalue weighted by Gasteiger charge is -2.08. The topological polar surface area (TPSA) is 80.9 Å². The van der Waals surface area contributed by atoms with E-state index in [0.29, 0.717) is 17.7 Å². The van der Waals surface area contributed by atoms with Gasteiger partial charge in [0.15, 0.2) is 5.82 Å². The number of hydrogen-bond donors (Lipinski definition) is 1. The number of rotatable bonds is 9. The quantitative estimate of drug-likeness (QED) is 0.385. The maximum atomic E-state index is 11.4. The average molecular weight is 461 g/mol. The second kappa shape index (κ2) is 11.4. The van der Waals surface area contributed by atoms with E-state index in [1.807, 2.05) is 22.9 Å². The minimum Gasteiger partial charge on any atom is -0.478 e. The molecule has 0 radical (unpaired) electrons. The Hall–Kier alpha value is -3.02. The Bertz CT molecular complexity index is 1080. The number of aryl methyl sites for hydroxylation is 2. The molecule has 2 aliphatic carbocycles. The number of fused-ring (bicyclic) bond motifs is 1. The summed E-state index contributed by atoms with van der Waals surface area (Å²) in [4.78, 5) is 20.6. The number of carboxylic acid groups (broad SMARTS) is 1. The second-order valence-corrected chi connectivity index (χ2v) is 9.49. The fraction of sp³-hybridized carbons (Fsp3) is 0.500. The van der Waals surface area contributed by atoms with E-state index in [9.17, 15) is 9.90 Å². The van der Waals surface area contributed by atoms with E-state index in [1.54, 1.807) is 43.7 Å². The number of carboxylic acids is 1. The molecular formula is C28H36N4O2. The predicted molar refractivity (Wildman–Crippen MR) is 134 cm³/mol. The molecule has 1 aromatic carbocycles. The van der Waals surface area contributed by atoms with Gasteiger partial charge in [0.25, 0.3) is 0 Å². The third kappa shape index (κ3) is 6.10. The predicted octanol–water partition coefficient (Wildman–Crippen LogP) is 6.19. The fourth-order valence-electron chi connectivity index (χ4n) is 4.82. The molecule has 0 aliphatic heterocycles. The maximum Gasteiger partial charge on any atom is 0.336 e.